The minimum atomic E-state index is -0.131. The van der Waals surface area contributed by atoms with Crippen molar-refractivity contribution in [1.82, 2.24) is 4.98 Å². The Kier molecular flexibility index (Phi) is 4.34. The number of methoxy groups -OCH3 is 2. The molecule has 3 rings (SSSR count). The second-order valence-corrected chi connectivity index (χ2v) is 6.16. The summed E-state index contributed by atoms with van der Waals surface area (Å²) in [5.74, 6) is 1.08. The van der Waals surface area contributed by atoms with Crippen LogP contribution >= 0.6 is 11.3 Å². The molecule has 0 saturated heterocycles. The molecule has 1 aliphatic carbocycles. The maximum absolute atomic E-state index is 12.5. The van der Waals surface area contributed by atoms with Crippen LogP contribution in [0.15, 0.2) is 29.1 Å². The number of ether oxygens (including phenoxy) is 2. The predicted molar refractivity (Wildman–Crippen MR) is 94.4 cm³/mol. The van der Waals surface area contributed by atoms with Gasteiger partial charge in [-0.05, 0) is 24.6 Å². The van der Waals surface area contributed by atoms with Gasteiger partial charge in [-0.25, -0.2) is 4.98 Å². The van der Waals surface area contributed by atoms with Crippen LogP contribution in [0.3, 0.4) is 0 Å². The molecule has 0 radical (unpaired) electrons. The zero-order chi connectivity index (χ0) is 16.4. The fraction of sp³-hybridized carbons (Fsp3) is 0.294. The molecule has 120 valence electrons. The summed E-state index contributed by atoms with van der Waals surface area (Å²) in [4.78, 5) is 18.1. The second-order valence-electron chi connectivity index (χ2n) is 5.11. The molecule has 0 spiro atoms. The largest absolute Gasteiger partial charge is 0.497 e. The molecule has 2 aliphatic rings. The van der Waals surface area contributed by atoms with E-state index in [1.54, 1.807) is 13.2 Å². The molecule has 0 atom stereocenters. The maximum atomic E-state index is 12.5. The number of nitrogens with zero attached hydrogens (tertiary/aromatic N) is 1. The van der Waals surface area contributed by atoms with Gasteiger partial charge < -0.3 is 14.8 Å². The summed E-state index contributed by atoms with van der Waals surface area (Å²) in [6, 6.07) is 7.43. The topological polar surface area (TPSA) is 60.4 Å². The van der Waals surface area contributed by atoms with Crippen LogP contribution in [0, 0.1) is 0 Å². The highest BCUT2D eigenvalue weighted by Gasteiger charge is 2.19. The molecule has 0 amide bonds. The van der Waals surface area contributed by atoms with Gasteiger partial charge in [0.1, 0.15) is 11.4 Å². The zero-order valence-corrected chi connectivity index (χ0v) is 14.1. The minimum absolute atomic E-state index is 0.131. The first-order chi connectivity index (χ1) is 11.2. The average Bonchev–Trinajstić information content (AvgIpc) is 2.58. The minimum Gasteiger partial charge on any atom is -0.497 e. The number of fused-ring (bicyclic) bond motifs is 2. The Morgan fingerprint density at radius 1 is 1.22 bits per heavy atom. The molecule has 1 aromatic carbocycles. The zero-order valence-electron chi connectivity index (χ0n) is 13.3. The lowest BCUT2D eigenvalue weighted by Gasteiger charge is -2.14. The Hall–Kier alpha value is -2.34. The Morgan fingerprint density at radius 3 is 2.74 bits per heavy atom. The Balaban J connectivity index is 2.30. The normalized spacial score (nSPS) is 10.9. The summed E-state index contributed by atoms with van der Waals surface area (Å²) < 4.78 is 11.5. The molecule has 23 heavy (non-hydrogen) atoms. The lowest BCUT2D eigenvalue weighted by atomic mass is 10.2. The van der Waals surface area contributed by atoms with Gasteiger partial charge in [-0.2, -0.15) is 0 Å². The van der Waals surface area contributed by atoms with Crippen molar-refractivity contribution >= 4 is 27.2 Å². The van der Waals surface area contributed by atoms with Gasteiger partial charge in [-0.15, -0.1) is 11.3 Å². The Labute approximate surface area is 138 Å². The van der Waals surface area contributed by atoms with Crippen molar-refractivity contribution < 1.29 is 9.47 Å². The van der Waals surface area contributed by atoms with Crippen molar-refractivity contribution in [2.75, 3.05) is 26.1 Å². The number of rotatable bonds is 5. The fourth-order valence-electron chi connectivity index (χ4n) is 2.39. The van der Waals surface area contributed by atoms with E-state index in [0.29, 0.717) is 11.4 Å². The van der Waals surface area contributed by atoms with Crippen molar-refractivity contribution in [3.8, 4) is 22.1 Å². The fourth-order valence-corrected chi connectivity index (χ4v) is 3.48. The van der Waals surface area contributed by atoms with E-state index in [0.717, 1.165) is 39.5 Å². The van der Waals surface area contributed by atoms with E-state index in [9.17, 15) is 4.79 Å². The number of aromatic nitrogens is 1. The number of nitrogens with one attached hydrogen (secondary N) is 1. The van der Waals surface area contributed by atoms with Gasteiger partial charge in [0.15, 0.2) is 5.75 Å². The molecule has 0 fully saturated rings. The molecular formula is C17H18N2O3S. The van der Waals surface area contributed by atoms with E-state index < -0.39 is 0 Å². The van der Waals surface area contributed by atoms with Crippen LogP contribution in [-0.4, -0.2) is 25.7 Å². The lowest BCUT2D eigenvalue weighted by Crippen LogP contribution is -2.15. The molecule has 1 N–H and O–H groups in total. The predicted octanol–water partition coefficient (Wildman–Crippen LogP) is 3.60. The van der Waals surface area contributed by atoms with E-state index in [2.05, 4.69) is 17.2 Å². The highest BCUT2D eigenvalue weighted by atomic mass is 32.1. The number of anilines is 1. The molecule has 6 heteroatoms. The smallest absolute Gasteiger partial charge is 0.244 e. The quantitative estimate of drug-likeness (QED) is 0.724. The Morgan fingerprint density at radius 2 is 2.04 bits per heavy atom. The average molecular weight is 330 g/mol. The first-order valence-corrected chi connectivity index (χ1v) is 8.23. The van der Waals surface area contributed by atoms with Crippen LogP contribution in [0.4, 0.5) is 5.69 Å². The van der Waals surface area contributed by atoms with Crippen LogP contribution in [0.1, 0.15) is 13.3 Å². The summed E-state index contributed by atoms with van der Waals surface area (Å²) in [5, 5.41) is 3.22. The third-order valence-corrected chi connectivity index (χ3v) is 4.73. The summed E-state index contributed by atoms with van der Waals surface area (Å²) in [5.41, 5.74) is 2.05. The van der Waals surface area contributed by atoms with Crippen LogP contribution in [-0.2, 0) is 0 Å². The van der Waals surface area contributed by atoms with Crippen molar-refractivity contribution in [2.24, 2.45) is 0 Å². The number of hydrogen-bond donors (Lipinski definition) is 1. The third kappa shape index (κ3) is 2.82. The molecule has 0 saturated carbocycles. The summed E-state index contributed by atoms with van der Waals surface area (Å²) in [7, 11) is 3.14. The van der Waals surface area contributed by atoms with Gasteiger partial charge in [0.05, 0.1) is 35.0 Å². The first-order valence-electron chi connectivity index (χ1n) is 7.41. The van der Waals surface area contributed by atoms with E-state index in [1.165, 1.54) is 18.4 Å². The van der Waals surface area contributed by atoms with Crippen LogP contribution in [0.5, 0.6) is 11.5 Å². The molecule has 0 aromatic heterocycles. The van der Waals surface area contributed by atoms with Crippen molar-refractivity contribution in [1.29, 1.82) is 0 Å². The van der Waals surface area contributed by atoms with Crippen molar-refractivity contribution in [3.63, 3.8) is 0 Å². The third-order valence-electron chi connectivity index (χ3n) is 3.57. The van der Waals surface area contributed by atoms with E-state index in [-0.39, 0.29) is 5.43 Å². The van der Waals surface area contributed by atoms with E-state index in [4.69, 9.17) is 9.47 Å². The van der Waals surface area contributed by atoms with Gasteiger partial charge in [0, 0.05) is 12.6 Å². The molecule has 1 aliphatic heterocycles. The molecule has 1 aromatic rings. The summed E-state index contributed by atoms with van der Waals surface area (Å²) >= 11 is 1.53. The van der Waals surface area contributed by atoms with Gasteiger partial charge in [0.2, 0.25) is 5.43 Å². The van der Waals surface area contributed by atoms with Gasteiger partial charge >= 0.3 is 0 Å². The van der Waals surface area contributed by atoms with E-state index in [1.807, 2.05) is 18.2 Å². The molecule has 0 unspecified atom stereocenters. The van der Waals surface area contributed by atoms with E-state index >= 15 is 0 Å². The highest BCUT2D eigenvalue weighted by molar-refractivity contribution is 7.22. The van der Waals surface area contributed by atoms with Crippen molar-refractivity contribution in [3.05, 3.63) is 34.5 Å². The van der Waals surface area contributed by atoms with Crippen LogP contribution < -0.4 is 20.2 Å². The van der Waals surface area contributed by atoms with Crippen LogP contribution in [0.2, 0.25) is 0 Å². The van der Waals surface area contributed by atoms with Gasteiger partial charge in [0.25, 0.3) is 0 Å². The molecule has 5 nitrogen and oxygen atoms in total. The first kappa shape index (κ1) is 15.6. The number of hydrogen-bond acceptors (Lipinski definition) is 6. The SMILES string of the molecule is CCCNc1c2sc3cc(OC)ccc3nc-2cc(OC)c1=O. The van der Waals surface area contributed by atoms with Gasteiger partial charge in [-0.1, -0.05) is 6.92 Å². The van der Waals surface area contributed by atoms with Crippen molar-refractivity contribution in [2.45, 2.75) is 13.3 Å². The maximum Gasteiger partial charge on any atom is 0.244 e. The lowest BCUT2D eigenvalue weighted by molar-refractivity contribution is 0.411. The van der Waals surface area contributed by atoms with Gasteiger partial charge in [-0.3, -0.25) is 4.79 Å². The second kappa shape index (κ2) is 6.42. The standard InChI is InChI=1S/C17H18N2O3S/c1-4-7-18-15-16(20)13(22-3)9-12-17(15)23-14-8-10(21-2)5-6-11(14)19-12/h5-6,8-9,18H,4,7H2,1-3H3. The molecule has 0 bridgehead atoms. The van der Waals surface area contributed by atoms with Crippen LogP contribution in [0.25, 0.3) is 20.8 Å². The Bertz CT molecular complexity index is 876. The number of benzene rings is 2. The highest BCUT2D eigenvalue weighted by Crippen LogP contribution is 2.37. The monoisotopic (exact) mass is 330 g/mol. The molecule has 1 heterocycles. The summed E-state index contributed by atoms with van der Waals surface area (Å²) in [6.07, 6.45) is 0.928. The molecular weight excluding hydrogens is 312 g/mol. The summed E-state index contributed by atoms with van der Waals surface area (Å²) in [6.45, 7) is 2.78.